The highest BCUT2D eigenvalue weighted by atomic mass is 16.3. The number of benzene rings is 1. The van der Waals surface area contributed by atoms with Crippen LogP contribution in [0.25, 0.3) is 0 Å². The average Bonchev–Trinajstić information content (AvgIpc) is 2.39. The summed E-state index contributed by atoms with van der Waals surface area (Å²) >= 11 is 0. The van der Waals surface area contributed by atoms with Crippen LogP contribution in [0.15, 0.2) is 18.2 Å². The first-order valence-corrected chi connectivity index (χ1v) is 7.62. The van der Waals surface area contributed by atoms with Gasteiger partial charge in [0.05, 0.1) is 0 Å². The van der Waals surface area contributed by atoms with Crippen LogP contribution in [0.4, 0.5) is 0 Å². The van der Waals surface area contributed by atoms with Gasteiger partial charge in [-0.25, -0.2) is 0 Å². The molecule has 20 heavy (non-hydrogen) atoms. The summed E-state index contributed by atoms with van der Waals surface area (Å²) in [6.45, 7) is 7.71. The number of phenols is 2. The highest BCUT2D eigenvalue weighted by molar-refractivity contribution is 5.40. The van der Waals surface area contributed by atoms with Crippen LogP contribution in [-0.4, -0.2) is 16.3 Å². The molecule has 3 N–H and O–H groups in total. The first-order valence-electron chi connectivity index (χ1n) is 7.62. The molecule has 0 amide bonds. The molecule has 0 saturated heterocycles. The Morgan fingerprint density at radius 1 is 1.10 bits per heavy atom. The molecule has 0 aromatic heterocycles. The van der Waals surface area contributed by atoms with E-state index < -0.39 is 0 Å². The van der Waals surface area contributed by atoms with Crippen molar-refractivity contribution in [3.8, 4) is 11.5 Å². The van der Waals surface area contributed by atoms with E-state index in [1.807, 2.05) is 6.07 Å². The molecule has 0 aliphatic heterocycles. The summed E-state index contributed by atoms with van der Waals surface area (Å²) in [5, 5.41) is 22.5. The van der Waals surface area contributed by atoms with Crippen LogP contribution in [0.3, 0.4) is 0 Å². The highest BCUT2D eigenvalue weighted by Crippen LogP contribution is 2.38. The fourth-order valence-corrected chi connectivity index (χ4v) is 3.34. The molecule has 1 saturated carbocycles. The van der Waals surface area contributed by atoms with Crippen molar-refractivity contribution in [2.24, 2.45) is 11.3 Å². The van der Waals surface area contributed by atoms with Crippen LogP contribution >= 0.6 is 0 Å². The molecule has 3 heteroatoms. The molecule has 1 aliphatic carbocycles. The Balaban J connectivity index is 1.99. The maximum absolute atomic E-state index is 9.54. The smallest absolute Gasteiger partial charge is 0.157 e. The number of rotatable bonds is 3. The van der Waals surface area contributed by atoms with E-state index in [2.05, 4.69) is 26.1 Å². The lowest BCUT2D eigenvalue weighted by Gasteiger charge is -2.41. The zero-order chi connectivity index (χ0) is 14.8. The van der Waals surface area contributed by atoms with Crippen molar-refractivity contribution in [1.29, 1.82) is 0 Å². The summed E-state index contributed by atoms with van der Waals surface area (Å²) in [7, 11) is 0. The molecule has 1 aromatic rings. The van der Waals surface area contributed by atoms with Gasteiger partial charge in [-0.3, -0.25) is 0 Å². The molecule has 1 aliphatic rings. The molecular weight excluding hydrogens is 250 g/mol. The summed E-state index contributed by atoms with van der Waals surface area (Å²) in [6, 6.07) is 5.59. The van der Waals surface area contributed by atoms with E-state index in [1.165, 1.54) is 25.7 Å². The number of hydrogen-bond acceptors (Lipinski definition) is 3. The number of hydrogen-bond donors (Lipinski definition) is 3. The molecule has 3 nitrogen and oxygen atoms in total. The fourth-order valence-electron chi connectivity index (χ4n) is 3.34. The number of phenolic OH excluding ortho intramolecular Hbond substituents is 2. The molecule has 0 radical (unpaired) electrons. The van der Waals surface area contributed by atoms with Crippen molar-refractivity contribution in [3.63, 3.8) is 0 Å². The van der Waals surface area contributed by atoms with E-state index in [-0.39, 0.29) is 11.5 Å². The predicted molar refractivity (Wildman–Crippen MR) is 81.8 cm³/mol. The van der Waals surface area contributed by atoms with E-state index in [0.29, 0.717) is 17.4 Å². The molecule has 0 bridgehead atoms. The Kier molecular flexibility index (Phi) is 4.59. The van der Waals surface area contributed by atoms with Gasteiger partial charge in [0.15, 0.2) is 11.5 Å². The standard InChI is InChI=1S/C17H27NO2/c1-17(2,3)13-6-4-5-7-14(13)18-11-12-8-9-15(19)16(20)10-12/h8-10,13-14,18-20H,4-7,11H2,1-3H3. The second kappa shape index (κ2) is 6.04. The highest BCUT2D eigenvalue weighted by Gasteiger charge is 2.33. The van der Waals surface area contributed by atoms with E-state index in [1.54, 1.807) is 12.1 Å². The normalized spacial score (nSPS) is 23.8. The van der Waals surface area contributed by atoms with Crippen LogP contribution in [0.1, 0.15) is 52.0 Å². The quantitative estimate of drug-likeness (QED) is 0.737. The lowest BCUT2D eigenvalue weighted by atomic mass is 9.69. The van der Waals surface area contributed by atoms with Gasteiger partial charge in [0.1, 0.15) is 0 Å². The molecule has 1 aromatic carbocycles. The molecule has 1 fully saturated rings. The third-order valence-electron chi connectivity index (χ3n) is 4.49. The third-order valence-corrected chi connectivity index (χ3v) is 4.49. The monoisotopic (exact) mass is 277 g/mol. The molecule has 2 atom stereocenters. The lowest BCUT2D eigenvalue weighted by molar-refractivity contribution is 0.130. The third kappa shape index (κ3) is 3.66. The Morgan fingerprint density at radius 3 is 2.45 bits per heavy atom. The summed E-state index contributed by atoms with van der Waals surface area (Å²) in [5.74, 6) is 0.598. The minimum atomic E-state index is -0.0565. The van der Waals surface area contributed by atoms with E-state index >= 15 is 0 Å². The second-order valence-electron chi connectivity index (χ2n) is 7.07. The Bertz CT molecular complexity index is 451. The first-order chi connectivity index (χ1) is 9.38. The number of nitrogens with one attached hydrogen (secondary N) is 1. The summed E-state index contributed by atoms with van der Waals surface area (Å²) in [5.41, 5.74) is 1.34. The van der Waals surface area contributed by atoms with E-state index in [0.717, 1.165) is 12.1 Å². The lowest BCUT2D eigenvalue weighted by Crippen LogP contribution is -2.43. The van der Waals surface area contributed by atoms with Crippen LogP contribution in [0, 0.1) is 11.3 Å². The Hall–Kier alpha value is -1.22. The largest absolute Gasteiger partial charge is 0.504 e. The first kappa shape index (κ1) is 15.2. The topological polar surface area (TPSA) is 52.5 Å². The van der Waals surface area contributed by atoms with Crippen molar-refractivity contribution in [3.05, 3.63) is 23.8 Å². The van der Waals surface area contributed by atoms with Crippen molar-refractivity contribution < 1.29 is 10.2 Å². The van der Waals surface area contributed by atoms with E-state index in [9.17, 15) is 10.2 Å². The van der Waals surface area contributed by atoms with Crippen LogP contribution in [0.2, 0.25) is 0 Å². The fraction of sp³-hybridized carbons (Fsp3) is 0.647. The van der Waals surface area contributed by atoms with Crippen molar-refractivity contribution >= 4 is 0 Å². The van der Waals surface area contributed by atoms with Gasteiger partial charge in [-0.2, -0.15) is 0 Å². The van der Waals surface area contributed by atoms with E-state index in [4.69, 9.17) is 0 Å². The van der Waals surface area contributed by atoms with Gasteiger partial charge in [0.25, 0.3) is 0 Å². The van der Waals surface area contributed by atoms with Crippen molar-refractivity contribution in [2.75, 3.05) is 0 Å². The minimum absolute atomic E-state index is 0.0414. The zero-order valence-corrected chi connectivity index (χ0v) is 12.8. The molecule has 112 valence electrons. The summed E-state index contributed by atoms with van der Waals surface area (Å²) in [6.07, 6.45) is 5.15. The second-order valence-corrected chi connectivity index (χ2v) is 7.07. The van der Waals surface area contributed by atoms with Crippen LogP contribution < -0.4 is 5.32 Å². The average molecular weight is 277 g/mol. The zero-order valence-electron chi connectivity index (χ0n) is 12.8. The SMILES string of the molecule is CC(C)(C)C1CCCCC1NCc1ccc(O)c(O)c1. The molecular formula is C17H27NO2. The maximum atomic E-state index is 9.54. The summed E-state index contributed by atoms with van der Waals surface area (Å²) in [4.78, 5) is 0. The summed E-state index contributed by atoms with van der Waals surface area (Å²) < 4.78 is 0. The Morgan fingerprint density at radius 2 is 1.80 bits per heavy atom. The van der Waals surface area contributed by atoms with Gasteiger partial charge < -0.3 is 15.5 Å². The van der Waals surface area contributed by atoms with Crippen LogP contribution in [0.5, 0.6) is 11.5 Å². The minimum Gasteiger partial charge on any atom is -0.504 e. The van der Waals surface area contributed by atoms with Gasteiger partial charge in [0, 0.05) is 12.6 Å². The maximum Gasteiger partial charge on any atom is 0.157 e. The molecule has 0 spiro atoms. The van der Waals surface area contributed by atoms with Gasteiger partial charge in [0.2, 0.25) is 0 Å². The van der Waals surface area contributed by atoms with Gasteiger partial charge >= 0.3 is 0 Å². The van der Waals surface area contributed by atoms with Gasteiger partial charge in [-0.15, -0.1) is 0 Å². The van der Waals surface area contributed by atoms with Gasteiger partial charge in [-0.1, -0.05) is 39.7 Å². The molecule has 2 unspecified atom stereocenters. The van der Waals surface area contributed by atoms with Crippen molar-refractivity contribution in [1.82, 2.24) is 5.32 Å². The van der Waals surface area contributed by atoms with Crippen LogP contribution in [-0.2, 0) is 6.54 Å². The number of aromatic hydroxyl groups is 2. The van der Waals surface area contributed by atoms with Gasteiger partial charge in [-0.05, 0) is 41.9 Å². The Labute approximate surface area is 122 Å². The predicted octanol–water partition coefficient (Wildman–Crippen LogP) is 3.79. The molecule has 0 heterocycles. The molecule has 2 rings (SSSR count). The van der Waals surface area contributed by atoms with Crippen molar-refractivity contribution in [2.45, 2.75) is 59.0 Å².